The number of hydrogen-bond acceptors (Lipinski definition) is 4. The molecule has 144 valence electrons. The number of anilines is 1. The number of aromatic nitrogens is 2. The Morgan fingerprint density at radius 3 is 2.71 bits per heavy atom. The number of nitrogens with one attached hydrogen (secondary N) is 1. The highest BCUT2D eigenvalue weighted by Crippen LogP contribution is 2.21. The largest absolute Gasteiger partial charge is 0.462 e. The maximum atomic E-state index is 13.2. The van der Waals surface area contributed by atoms with Crippen LogP contribution in [0.2, 0.25) is 5.02 Å². The lowest BCUT2D eigenvalue weighted by atomic mass is 10.2. The Labute approximate surface area is 165 Å². The first-order chi connectivity index (χ1) is 13.4. The standard InChI is InChI=1S/C20H17ClFN3O3/c1-3-28-20(27)17-11-23-25(12(17)2)15-6-4-5-14(10-15)24-19(26)16-8-7-13(22)9-18(16)21/h4-11H,3H2,1-2H3,(H,24,26). The summed E-state index contributed by atoms with van der Waals surface area (Å²) in [6.45, 7) is 3.76. The molecule has 0 aliphatic rings. The van der Waals surface area contributed by atoms with E-state index in [2.05, 4.69) is 10.4 Å². The van der Waals surface area contributed by atoms with E-state index in [4.69, 9.17) is 16.3 Å². The first-order valence-corrected chi connectivity index (χ1v) is 8.87. The first-order valence-electron chi connectivity index (χ1n) is 8.49. The molecule has 6 nitrogen and oxygen atoms in total. The Balaban J connectivity index is 1.85. The van der Waals surface area contributed by atoms with Gasteiger partial charge in [-0.25, -0.2) is 13.9 Å². The molecule has 0 unspecified atom stereocenters. The Morgan fingerprint density at radius 1 is 1.21 bits per heavy atom. The molecular weight excluding hydrogens is 385 g/mol. The first kappa shape index (κ1) is 19.6. The van der Waals surface area contributed by atoms with Gasteiger partial charge in [0, 0.05) is 5.69 Å². The molecule has 1 N–H and O–H groups in total. The molecule has 1 amide bonds. The maximum absolute atomic E-state index is 13.2. The lowest BCUT2D eigenvalue weighted by Crippen LogP contribution is -2.13. The van der Waals surface area contributed by atoms with Crippen LogP contribution in [-0.2, 0) is 4.74 Å². The zero-order valence-electron chi connectivity index (χ0n) is 15.2. The maximum Gasteiger partial charge on any atom is 0.341 e. The van der Waals surface area contributed by atoms with Crippen LogP contribution in [-0.4, -0.2) is 28.3 Å². The molecule has 1 aromatic heterocycles. The summed E-state index contributed by atoms with van der Waals surface area (Å²) in [5.41, 5.74) is 2.29. The molecule has 1 heterocycles. The van der Waals surface area contributed by atoms with Crippen LogP contribution in [0.3, 0.4) is 0 Å². The number of halogens is 2. The Morgan fingerprint density at radius 2 is 2.00 bits per heavy atom. The highest BCUT2D eigenvalue weighted by atomic mass is 35.5. The van der Waals surface area contributed by atoms with Crippen molar-refractivity contribution in [3.8, 4) is 5.69 Å². The number of benzene rings is 2. The van der Waals surface area contributed by atoms with E-state index < -0.39 is 17.7 Å². The van der Waals surface area contributed by atoms with Crippen molar-refractivity contribution < 1.29 is 18.7 Å². The summed E-state index contributed by atoms with van der Waals surface area (Å²) < 4.78 is 19.8. The number of carbonyl (C=O) groups is 2. The van der Waals surface area contributed by atoms with E-state index in [1.54, 1.807) is 42.8 Å². The molecule has 8 heteroatoms. The van der Waals surface area contributed by atoms with Crippen molar-refractivity contribution in [1.29, 1.82) is 0 Å². The molecule has 0 spiro atoms. The molecule has 0 atom stereocenters. The summed E-state index contributed by atoms with van der Waals surface area (Å²) >= 11 is 5.94. The molecular formula is C20H17ClFN3O3. The fourth-order valence-corrected chi connectivity index (χ4v) is 2.92. The van der Waals surface area contributed by atoms with Crippen LogP contribution >= 0.6 is 11.6 Å². The van der Waals surface area contributed by atoms with Gasteiger partial charge in [0.25, 0.3) is 5.91 Å². The van der Waals surface area contributed by atoms with Gasteiger partial charge >= 0.3 is 5.97 Å². The van der Waals surface area contributed by atoms with Crippen LogP contribution in [0.1, 0.15) is 33.3 Å². The van der Waals surface area contributed by atoms with E-state index in [1.807, 2.05) is 0 Å². The van der Waals surface area contributed by atoms with E-state index >= 15 is 0 Å². The third-order valence-corrected chi connectivity index (χ3v) is 4.34. The molecule has 2 aromatic carbocycles. The van der Waals surface area contributed by atoms with Crippen LogP contribution in [0, 0.1) is 12.7 Å². The summed E-state index contributed by atoms with van der Waals surface area (Å²) in [7, 11) is 0. The van der Waals surface area contributed by atoms with Gasteiger partial charge in [-0.1, -0.05) is 17.7 Å². The second-order valence-electron chi connectivity index (χ2n) is 5.90. The SMILES string of the molecule is CCOC(=O)c1cnn(-c2cccc(NC(=O)c3ccc(F)cc3Cl)c2)c1C. The third-order valence-electron chi connectivity index (χ3n) is 4.03. The number of esters is 1. The number of rotatable bonds is 5. The topological polar surface area (TPSA) is 73.2 Å². The minimum Gasteiger partial charge on any atom is -0.462 e. The van der Waals surface area contributed by atoms with Gasteiger partial charge in [0.1, 0.15) is 11.4 Å². The summed E-state index contributed by atoms with van der Waals surface area (Å²) in [4.78, 5) is 24.4. The highest BCUT2D eigenvalue weighted by molar-refractivity contribution is 6.34. The molecule has 0 fully saturated rings. The lowest BCUT2D eigenvalue weighted by molar-refractivity contribution is 0.0525. The molecule has 28 heavy (non-hydrogen) atoms. The van der Waals surface area contributed by atoms with Crippen molar-refractivity contribution in [1.82, 2.24) is 9.78 Å². The summed E-state index contributed by atoms with van der Waals surface area (Å²) in [5, 5.41) is 6.98. The molecule has 0 saturated carbocycles. The van der Waals surface area contributed by atoms with Gasteiger partial charge in [-0.3, -0.25) is 4.79 Å². The molecule has 0 aliphatic carbocycles. The average molecular weight is 402 g/mol. The fourth-order valence-electron chi connectivity index (χ4n) is 2.67. The van der Waals surface area contributed by atoms with Gasteiger partial charge in [0.15, 0.2) is 0 Å². The van der Waals surface area contributed by atoms with Gasteiger partial charge in [0.05, 0.1) is 34.8 Å². The van der Waals surface area contributed by atoms with Crippen molar-refractivity contribution >= 4 is 29.2 Å². The number of nitrogens with zero attached hydrogens (tertiary/aromatic N) is 2. The van der Waals surface area contributed by atoms with Crippen molar-refractivity contribution in [2.24, 2.45) is 0 Å². The summed E-state index contributed by atoms with van der Waals surface area (Å²) in [5.74, 6) is -1.43. The lowest BCUT2D eigenvalue weighted by Gasteiger charge is -2.10. The van der Waals surface area contributed by atoms with Gasteiger partial charge in [-0.2, -0.15) is 5.10 Å². The zero-order chi connectivity index (χ0) is 20.3. The summed E-state index contributed by atoms with van der Waals surface area (Å²) in [6, 6.07) is 10.5. The Bertz CT molecular complexity index is 1050. The molecule has 0 bridgehead atoms. The predicted octanol–water partition coefficient (Wildman–Crippen LogP) is 4.40. The van der Waals surface area contributed by atoms with Gasteiger partial charge < -0.3 is 10.1 Å². The normalized spacial score (nSPS) is 10.6. The van der Waals surface area contributed by atoms with Gasteiger partial charge in [-0.15, -0.1) is 0 Å². The fraction of sp³-hybridized carbons (Fsp3) is 0.150. The predicted molar refractivity (Wildman–Crippen MR) is 104 cm³/mol. The number of amides is 1. The zero-order valence-corrected chi connectivity index (χ0v) is 16.0. The number of ether oxygens (including phenoxy) is 1. The molecule has 0 aliphatic heterocycles. The highest BCUT2D eigenvalue weighted by Gasteiger charge is 2.17. The minimum absolute atomic E-state index is 0.0238. The number of hydrogen-bond donors (Lipinski definition) is 1. The van der Waals surface area contributed by atoms with Gasteiger partial charge in [0.2, 0.25) is 0 Å². The van der Waals surface area contributed by atoms with Crippen LogP contribution < -0.4 is 5.32 Å². The smallest absolute Gasteiger partial charge is 0.341 e. The molecule has 0 radical (unpaired) electrons. The van der Waals surface area contributed by atoms with E-state index in [1.165, 1.54) is 18.3 Å². The number of carbonyl (C=O) groups excluding carboxylic acids is 2. The average Bonchev–Trinajstić information content (AvgIpc) is 3.03. The second-order valence-corrected chi connectivity index (χ2v) is 6.31. The quantitative estimate of drug-likeness (QED) is 0.643. The van der Waals surface area contributed by atoms with Crippen molar-refractivity contribution in [3.63, 3.8) is 0 Å². The van der Waals surface area contributed by atoms with Crippen molar-refractivity contribution in [3.05, 3.63) is 76.3 Å². The second kappa shape index (κ2) is 8.22. The van der Waals surface area contributed by atoms with E-state index in [9.17, 15) is 14.0 Å². The van der Waals surface area contributed by atoms with E-state index in [0.29, 0.717) is 22.6 Å². The van der Waals surface area contributed by atoms with Crippen molar-refractivity contribution in [2.45, 2.75) is 13.8 Å². The van der Waals surface area contributed by atoms with Gasteiger partial charge in [-0.05, 0) is 50.2 Å². The molecule has 0 saturated heterocycles. The van der Waals surface area contributed by atoms with Crippen molar-refractivity contribution in [2.75, 3.05) is 11.9 Å². The monoisotopic (exact) mass is 401 g/mol. The van der Waals surface area contributed by atoms with Crippen LogP contribution in [0.25, 0.3) is 5.69 Å². The van der Waals surface area contributed by atoms with E-state index in [0.717, 1.165) is 6.07 Å². The van der Waals surface area contributed by atoms with E-state index in [-0.39, 0.29) is 17.2 Å². The van der Waals surface area contributed by atoms with Crippen LogP contribution in [0.5, 0.6) is 0 Å². The molecule has 3 rings (SSSR count). The summed E-state index contributed by atoms with van der Waals surface area (Å²) in [6.07, 6.45) is 1.44. The molecule has 3 aromatic rings. The minimum atomic E-state index is -0.518. The van der Waals surface area contributed by atoms with Crippen LogP contribution in [0.15, 0.2) is 48.7 Å². The van der Waals surface area contributed by atoms with Crippen LogP contribution in [0.4, 0.5) is 10.1 Å². The Kier molecular flexibility index (Phi) is 5.75. The Hall–Kier alpha value is -3.19. The third kappa shape index (κ3) is 4.04.